The average Bonchev–Trinajstić information content (AvgIpc) is 2.64. The van der Waals surface area contributed by atoms with Crippen molar-refractivity contribution < 1.29 is 9.13 Å². The van der Waals surface area contributed by atoms with Gasteiger partial charge < -0.3 is 15.4 Å². The Morgan fingerprint density at radius 3 is 2.93 bits per heavy atom. The predicted octanol–water partition coefficient (Wildman–Crippen LogP) is 1.37. The first-order valence-electron chi connectivity index (χ1n) is 5.05. The van der Waals surface area contributed by atoms with Crippen molar-refractivity contribution in [1.29, 1.82) is 0 Å². The number of hydrogen-bond acceptors (Lipinski definition) is 3. The topological polar surface area (TPSA) is 38.5 Å². The molecule has 2 rings (SSSR count). The van der Waals surface area contributed by atoms with E-state index in [-0.39, 0.29) is 11.9 Å². The number of nitrogens with two attached hydrogens (primary N) is 1. The maximum atomic E-state index is 13.0. The first-order valence-corrected chi connectivity index (χ1v) is 5.05. The lowest BCUT2D eigenvalue weighted by molar-refractivity contribution is 0.411. The Morgan fingerprint density at radius 2 is 2.33 bits per heavy atom. The van der Waals surface area contributed by atoms with E-state index in [0.717, 1.165) is 25.2 Å². The second kappa shape index (κ2) is 4.06. The summed E-state index contributed by atoms with van der Waals surface area (Å²) in [5.41, 5.74) is 6.75. The van der Waals surface area contributed by atoms with Crippen LogP contribution in [-0.2, 0) is 0 Å². The van der Waals surface area contributed by atoms with Gasteiger partial charge in [-0.05, 0) is 18.6 Å². The van der Waals surface area contributed by atoms with Crippen molar-refractivity contribution in [3.63, 3.8) is 0 Å². The van der Waals surface area contributed by atoms with Crippen LogP contribution in [0.25, 0.3) is 0 Å². The number of halogens is 1. The third kappa shape index (κ3) is 2.04. The van der Waals surface area contributed by atoms with Crippen LogP contribution in [0.2, 0.25) is 0 Å². The van der Waals surface area contributed by atoms with Gasteiger partial charge in [0, 0.05) is 25.2 Å². The van der Waals surface area contributed by atoms with E-state index in [9.17, 15) is 4.39 Å². The van der Waals surface area contributed by atoms with Crippen LogP contribution >= 0.6 is 0 Å². The van der Waals surface area contributed by atoms with Gasteiger partial charge in [-0.25, -0.2) is 4.39 Å². The van der Waals surface area contributed by atoms with Gasteiger partial charge in [-0.15, -0.1) is 0 Å². The molecule has 0 amide bonds. The van der Waals surface area contributed by atoms with Crippen LogP contribution in [0.4, 0.5) is 10.1 Å². The molecule has 1 heterocycles. The third-order valence-electron chi connectivity index (χ3n) is 2.71. The van der Waals surface area contributed by atoms with Crippen molar-refractivity contribution >= 4 is 5.69 Å². The summed E-state index contributed by atoms with van der Waals surface area (Å²) >= 11 is 0. The normalized spacial score (nSPS) is 20.7. The molecule has 0 spiro atoms. The van der Waals surface area contributed by atoms with Gasteiger partial charge in [0.25, 0.3) is 0 Å². The summed E-state index contributed by atoms with van der Waals surface area (Å²) in [6, 6.07) is 4.80. The van der Waals surface area contributed by atoms with Gasteiger partial charge in [-0.1, -0.05) is 0 Å². The van der Waals surface area contributed by atoms with Gasteiger partial charge in [-0.2, -0.15) is 0 Å². The maximum absolute atomic E-state index is 13.0. The SMILES string of the molecule is COc1cc(F)ccc1N1CCC(N)C1. The summed E-state index contributed by atoms with van der Waals surface area (Å²) < 4.78 is 18.1. The molecule has 4 heteroatoms. The highest BCUT2D eigenvalue weighted by atomic mass is 19.1. The number of methoxy groups -OCH3 is 1. The zero-order valence-corrected chi connectivity index (χ0v) is 8.74. The van der Waals surface area contributed by atoms with E-state index in [0.29, 0.717) is 5.75 Å². The molecule has 1 fully saturated rings. The molecular weight excluding hydrogens is 195 g/mol. The maximum Gasteiger partial charge on any atom is 0.145 e. The molecule has 1 saturated heterocycles. The lowest BCUT2D eigenvalue weighted by Crippen LogP contribution is -2.26. The molecule has 1 aliphatic rings. The van der Waals surface area contributed by atoms with E-state index in [4.69, 9.17) is 10.5 Å². The first-order chi connectivity index (χ1) is 7.20. The van der Waals surface area contributed by atoms with Gasteiger partial charge in [0.05, 0.1) is 12.8 Å². The second-order valence-corrected chi connectivity index (χ2v) is 3.81. The fraction of sp³-hybridized carbons (Fsp3) is 0.455. The standard InChI is InChI=1S/C11H15FN2O/c1-15-11-6-8(12)2-3-10(11)14-5-4-9(13)7-14/h2-3,6,9H,4-5,7,13H2,1H3. The highest BCUT2D eigenvalue weighted by molar-refractivity contribution is 5.59. The van der Waals surface area contributed by atoms with Crippen LogP contribution in [0.15, 0.2) is 18.2 Å². The van der Waals surface area contributed by atoms with E-state index >= 15 is 0 Å². The molecule has 0 bridgehead atoms. The first kappa shape index (κ1) is 10.2. The lowest BCUT2D eigenvalue weighted by atomic mass is 10.2. The number of hydrogen-bond donors (Lipinski definition) is 1. The molecule has 15 heavy (non-hydrogen) atoms. The smallest absolute Gasteiger partial charge is 0.145 e. The van der Waals surface area contributed by atoms with Gasteiger partial charge in [-0.3, -0.25) is 0 Å². The van der Waals surface area contributed by atoms with E-state index in [1.807, 2.05) is 0 Å². The molecule has 0 aliphatic carbocycles. The average molecular weight is 210 g/mol. The number of nitrogens with zero attached hydrogens (tertiary/aromatic N) is 1. The summed E-state index contributed by atoms with van der Waals surface area (Å²) in [6.45, 7) is 1.71. The molecule has 1 aromatic rings. The van der Waals surface area contributed by atoms with Crippen molar-refractivity contribution in [1.82, 2.24) is 0 Å². The van der Waals surface area contributed by atoms with Crippen LogP contribution < -0.4 is 15.4 Å². The number of benzene rings is 1. The van der Waals surface area contributed by atoms with Gasteiger partial charge in [0.15, 0.2) is 0 Å². The quantitative estimate of drug-likeness (QED) is 0.801. The van der Waals surface area contributed by atoms with E-state index in [2.05, 4.69) is 4.90 Å². The van der Waals surface area contributed by atoms with Crippen LogP contribution in [-0.4, -0.2) is 26.2 Å². The summed E-state index contributed by atoms with van der Waals surface area (Å²) in [5, 5.41) is 0. The third-order valence-corrected chi connectivity index (χ3v) is 2.71. The van der Waals surface area contributed by atoms with Crippen molar-refractivity contribution in [3.05, 3.63) is 24.0 Å². The van der Waals surface area contributed by atoms with Crippen molar-refractivity contribution in [2.45, 2.75) is 12.5 Å². The fourth-order valence-electron chi connectivity index (χ4n) is 1.92. The Morgan fingerprint density at radius 1 is 1.53 bits per heavy atom. The summed E-state index contributed by atoms with van der Waals surface area (Å²) in [6.07, 6.45) is 0.973. The lowest BCUT2D eigenvalue weighted by Gasteiger charge is -2.20. The highest BCUT2D eigenvalue weighted by Crippen LogP contribution is 2.30. The van der Waals surface area contributed by atoms with E-state index in [1.54, 1.807) is 13.2 Å². The molecule has 1 aliphatic heterocycles. The second-order valence-electron chi connectivity index (χ2n) is 3.81. The minimum atomic E-state index is -0.279. The molecule has 2 N–H and O–H groups in total. The van der Waals surface area contributed by atoms with Gasteiger partial charge in [0.1, 0.15) is 11.6 Å². The molecule has 0 radical (unpaired) electrons. The molecule has 1 atom stereocenters. The zero-order valence-electron chi connectivity index (χ0n) is 8.74. The largest absolute Gasteiger partial charge is 0.494 e. The minimum absolute atomic E-state index is 0.208. The minimum Gasteiger partial charge on any atom is -0.494 e. The zero-order chi connectivity index (χ0) is 10.8. The Bertz CT molecular complexity index is 356. The predicted molar refractivity (Wildman–Crippen MR) is 57.8 cm³/mol. The van der Waals surface area contributed by atoms with Crippen LogP contribution in [0.1, 0.15) is 6.42 Å². The van der Waals surface area contributed by atoms with Crippen molar-refractivity contribution in [2.24, 2.45) is 5.73 Å². The van der Waals surface area contributed by atoms with Crippen molar-refractivity contribution in [2.75, 3.05) is 25.1 Å². The Balaban J connectivity index is 2.27. The van der Waals surface area contributed by atoms with Gasteiger partial charge in [0.2, 0.25) is 0 Å². The fourth-order valence-corrected chi connectivity index (χ4v) is 1.92. The Kier molecular flexibility index (Phi) is 2.77. The van der Waals surface area contributed by atoms with Crippen LogP contribution in [0.3, 0.4) is 0 Å². The monoisotopic (exact) mass is 210 g/mol. The Hall–Kier alpha value is -1.29. The number of rotatable bonds is 2. The summed E-state index contributed by atoms with van der Waals surface area (Å²) in [5.74, 6) is 0.295. The summed E-state index contributed by atoms with van der Waals surface area (Å²) in [4.78, 5) is 2.13. The highest BCUT2D eigenvalue weighted by Gasteiger charge is 2.21. The molecule has 1 unspecified atom stereocenters. The molecule has 82 valence electrons. The molecule has 0 saturated carbocycles. The molecule has 0 aromatic heterocycles. The van der Waals surface area contributed by atoms with Gasteiger partial charge >= 0.3 is 0 Å². The van der Waals surface area contributed by atoms with Crippen molar-refractivity contribution in [3.8, 4) is 5.75 Å². The summed E-state index contributed by atoms with van der Waals surface area (Å²) in [7, 11) is 1.55. The number of ether oxygens (including phenoxy) is 1. The Labute approximate surface area is 88.6 Å². The number of anilines is 1. The van der Waals surface area contributed by atoms with Crippen LogP contribution in [0.5, 0.6) is 5.75 Å². The molecular formula is C11H15FN2O. The molecule has 1 aromatic carbocycles. The van der Waals surface area contributed by atoms with E-state index < -0.39 is 0 Å². The molecule has 3 nitrogen and oxygen atoms in total. The van der Waals surface area contributed by atoms with Crippen LogP contribution in [0, 0.1) is 5.82 Å². The van der Waals surface area contributed by atoms with E-state index in [1.165, 1.54) is 12.1 Å².